The monoisotopic (exact) mass is 426 g/mol. The highest BCUT2D eigenvalue weighted by Crippen LogP contribution is 2.28. The molecule has 3 rings (SSSR count). The third kappa shape index (κ3) is 6.46. The number of quaternary nitrogens is 1. The van der Waals surface area contributed by atoms with E-state index in [9.17, 15) is 4.79 Å². The Labute approximate surface area is 183 Å². The minimum atomic E-state index is -0.614. The molecule has 7 heteroatoms. The molecule has 1 aliphatic heterocycles. The number of nitrogens with zero attached hydrogens (tertiary/aromatic N) is 1. The summed E-state index contributed by atoms with van der Waals surface area (Å²) in [5.74, 6) is 0.607. The van der Waals surface area contributed by atoms with Crippen molar-refractivity contribution in [2.24, 2.45) is 10.9 Å². The van der Waals surface area contributed by atoms with Crippen molar-refractivity contribution < 1.29 is 24.0 Å². The van der Waals surface area contributed by atoms with Gasteiger partial charge >= 0.3 is 5.97 Å². The van der Waals surface area contributed by atoms with Crippen molar-refractivity contribution in [3.63, 3.8) is 0 Å². The van der Waals surface area contributed by atoms with E-state index in [1.807, 2.05) is 26.0 Å². The van der Waals surface area contributed by atoms with E-state index in [1.54, 1.807) is 23.1 Å². The van der Waals surface area contributed by atoms with Gasteiger partial charge in [-0.2, -0.15) is 0 Å². The first-order valence-corrected chi connectivity index (χ1v) is 11.0. The maximum atomic E-state index is 12.4. The molecule has 3 N–H and O–H groups in total. The molecule has 0 spiro atoms. The van der Waals surface area contributed by atoms with Gasteiger partial charge in [0.1, 0.15) is 6.54 Å². The second kappa shape index (κ2) is 11.4. The third-order valence-corrected chi connectivity index (χ3v) is 5.27. The molecular formula is C24H32N3O4+. The van der Waals surface area contributed by atoms with E-state index in [4.69, 9.17) is 20.0 Å². The molecule has 0 radical (unpaired) electrons. The van der Waals surface area contributed by atoms with Crippen LogP contribution in [0.2, 0.25) is 0 Å². The van der Waals surface area contributed by atoms with Gasteiger partial charge in [-0.25, -0.2) is 4.79 Å². The molecular weight excluding hydrogens is 394 g/mol. The molecule has 166 valence electrons. The number of oxime groups is 1. The van der Waals surface area contributed by atoms with Crippen LogP contribution in [0.25, 0.3) is 0 Å². The van der Waals surface area contributed by atoms with Crippen molar-refractivity contribution >= 4 is 11.8 Å². The Morgan fingerprint density at radius 3 is 2.26 bits per heavy atom. The van der Waals surface area contributed by atoms with Crippen molar-refractivity contribution in [1.82, 2.24) is 0 Å². The summed E-state index contributed by atoms with van der Waals surface area (Å²) in [5.41, 5.74) is 8.31. The molecule has 2 aromatic carbocycles. The first kappa shape index (κ1) is 22.6. The number of nitrogens with two attached hydrogens (primary N) is 1. The first-order valence-electron chi connectivity index (χ1n) is 11.0. The summed E-state index contributed by atoms with van der Waals surface area (Å²) in [6.45, 7) is 8.20. The van der Waals surface area contributed by atoms with Gasteiger partial charge in [-0.05, 0) is 51.3 Å². The van der Waals surface area contributed by atoms with Gasteiger partial charge < -0.3 is 24.9 Å². The van der Waals surface area contributed by atoms with E-state index >= 15 is 0 Å². The molecule has 0 aliphatic carbocycles. The van der Waals surface area contributed by atoms with Crippen LogP contribution in [0, 0.1) is 0 Å². The van der Waals surface area contributed by atoms with Gasteiger partial charge in [0.15, 0.2) is 17.3 Å². The number of carbonyl (C=O) groups excluding carboxylic acids is 1. The van der Waals surface area contributed by atoms with E-state index in [0.29, 0.717) is 35.8 Å². The number of amidine groups is 1. The summed E-state index contributed by atoms with van der Waals surface area (Å²) < 4.78 is 11.1. The van der Waals surface area contributed by atoms with Crippen LogP contribution in [0.3, 0.4) is 0 Å². The summed E-state index contributed by atoms with van der Waals surface area (Å²) in [5, 5.41) is 3.82. The van der Waals surface area contributed by atoms with Crippen LogP contribution >= 0.6 is 0 Å². The number of piperidine rings is 1. The Kier molecular flexibility index (Phi) is 8.29. The smallest absolute Gasteiger partial charge is 0.365 e. The summed E-state index contributed by atoms with van der Waals surface area (Å²) >= 11 is 0. The normalized spacial score (nSPS) is 14.8. The second-order valence-electron chi connectivity index (χ2n) is 7.57. The zero-order valence-corrected chi connectivity index (χ0v) is 18.4. The first-order chi connectivity index (χ1) is 15.1. The lowest BCUT2D eigenvalue weighted by atomic mass is 10.1. The molecule has 31 heavy (non-hydrogen) atoms. The molecule has 1 heterocycles. The number of carbonyl (C=O) groups is 1. The number of hydrogen-bond acceptors (Lipinski definition) is 5. The molecule has 0 bridgehead atoms. The van der Waals surface area contributed by atoms with Gasteiger partial charge in [0.05, 0.1) is 31.9 Å². The summed E-state index contributed by atoms with van der Waals surface area (Å²) in [4.78, 5) is 19.1. The maximum Gasteiger partial charge on any atom is 0.365 e. The van der Waals surface area contributed by atoms with Gasteiger partial charge in [0.25, 0.3) is 0 Å². The highest BCUT2D eigenvalue weighted by molar-refractivity contribution is 5.98. The fraction of sp³-hybridized carbons (Fsp3) is 0.417. The number of likely N-dealkylation sites (tertiary alicyclic amines) is 1. The SMILES string of the molecule is CCOc1ccc(C(=O)O/N=C(/N)c2ccc(C[NH+]3CCCCC3)cc2)cc1OCC. The Morgan fingerprint density at radius 1 is 0.935 bits per heavy atom. The minimum absolute atomic E-state index is 0.154. The van der Waals surface area contributed by atoms with Crippen LogP contribution in [-0.2, 0) is 11.4 Å². The van der Waals surface area contributed by atoms with E-state index < -0.39 is 5.97 Å². The Hall–Kier alpha value is -3.06. The van der Waals surface area contributed by atoms with E-state index in [2.05, 4.69) is 17.3 Å². The minimum Gasteiger partial charge on any atom is -0.490 e. The van der Waals surface area contributed by atoms with Crippen LogP contribution in [0.15, 0.2) is 47.6 Å². The second-order valence-corrected chi connectivity index (χ2v) is 7.57. The lowest BCUT2D eigenvalue weighted by molar-refractivity contribution is -0.918. The van der Waals surface area contributed by atoms with Crippen LogP contribution in [0.4, 0.5) is 0 Å². The maximum absolute atomic E-state index is 12.4. The van der Waals surface area contributed by atoms with Crippen LogP contribution in [-0.4, -0.2) is 38.1 Å². The number of nitrogens with one attached hydrogen (secondary N) is 1. The highest BCUT2D eigenvalue weighted by atomic mass is 16.7. The quantitative estimate of drug-likeness (QED) is 0.278. The van der Waals surface area contributed by atoms with Crippen molar-refractivity contribution in [2.45, 2.75) is 39.7 Å². The fourth-order valence-corrected chi connectivity index (χ4v) is 3.68. The molecule has 0 amide bonds. The van der Waals surface area contributed by atoms with Crippen molar-refractivity contribution in [1.29, 1.82) is 0 Å². The Balaban J connectivity index is 1.61. The zero-order chi connectivity index (χ0) is 22.1. The molecule has 1 fully saturated rings. The largest absolute Gasteiger partial charge is 0.490 e. The van der Waals surface area contributed by atoms with Crippen LogP contribution < -0.4 is 20.1 Å². The van der Waals surface area contributed by atoms with Crippen molar-refractivity contribution in [3.05, 3.63) is 59.2 Å². The molecule has 7 nitrogen and oxygen atoms in total. The van der Waals surface area contributed by atoms with Gasteiger partial charge in [0, 0.05) is 11.1 Å². The predicted octanol–water partition coefficient (Wildman–Crippen LogP) is 2.53. The van der Waals surface area contributed by atoms with Gasteiger partial charge in [-0.3, -0.25) is 0 Å². The molecule has 0 unspecified atom stereocenters. The lowest BCUT2D eigenvalue weighted by Crippen LogP contribution is -3.11. The summed E-state index contributed by atoms with van der Waals surface area (Å²) in [6, 6.07) is 12.8. The number of benzene rings is 2. The van der Waals surface area contributed by atoms with Crippen molar-refractivity contribution in [3.8, 4) is 11.5 Å². The third-order valence-electron chi connectivity index (χ3n) is 5.27. The molecule has 0 saturated carbocycles. The van der Waals surface area contributed by atoms with Gasteiger partial charge in [-0.1, -0.05) is 29.4 Å². The van der Waals surface area contributed by atoms with Gasteiger partial charge in [-0.15, -0.1) is 0 Å². The number of rotatable bonds is 9. The van der Waals surface area contributed by atoms with Crippen molar-refractivity contribution in [2.75, 3.05) is 26.3 Å². The Bertz CT molecular complexity index is 890. The van der Waals surface area contributed by atoms with Crippen LogP contribution in [0.1, 0.15) is 54.6 Å². The summed E-state index contributed by atoms with van der Waals surface area (Å²) in [7, 11) is 0. The molecule has 2 aromatic rings. The van der Waals surface area contributed by atoms with E-state index in [-0.39, 0.29) is 5.84 Å². The topological polar surface area (TPSA) is 87.6 Å². The average Bonchev–Trinajstić information content (AvgIpc) is 2.80. The highest BCUT2D eigenvalue weighted by Gasteiger charge is 2.15. The predicted molar refractivity (Wildman–Crippen MR) is 120 cm³/mol. The zero-order valence-electron chi connectivity index (χ0n) is 18.4. The standard InChI is InChI=1S/C24H31N3O4/c1-3-29-21-13-12-20(16-22(21)30-4-2)24(28)31-26-23(25)19-10-8-18(9-11-19)17-27-14-6-5-7-15-27/h8-13,16H,3-7,14-15,17H2,1-2H3,(H2,25,26)/p+1. The fourth-order valence-electron chi connectivity index (χ4n) is 3.68. The molecule has 1 saturated heterocycles. The van der Waals surface area contributed by atoms with E-state index in [1.165, 1.54) is 37.9 Å². The van der Waals surface area contributed by atoms with Crippen LogP contribution in [0.5, 0.6) is 11.5 Å². The number of hydrogen-bond donors (Lipinski definition) is 2. The molecule has 1 aliphatic rings. The summed E-state index contributed by atoms with van der Waals surface area (Å²) in [6.07, 6.45) is 3.95. The van der Waals surface area contributed by atoms with Gasteiger partial charge in [0.2, 0.25) is 0 Å². The van der Waals surface area contributed by atoms with E-state index in [0.717, 1.165) is 6.54 Å². The lowest BCUT2D eigenvalue weighted by Gasteiger charge is -2.23. The molecule has 0 atom stereocenters. The number of ether oxygens (including phenoxy) is 2. The average molecular weight is 427 g/mol. The molecule has 0 aromatic heterocycles. The Morgan fingerprint density at radius 2 is 1.58 bits per heavy atom.